The molecule has 5 nitrogen and oxygen atoms in total. The molecular formula is C16H27N3O2. The molecule has 0 fully saturated rings. The third kappa shape index (κ3) is 6.04. The zero-order valence-corrected chi connectivity index (χ0v) is 13.4. The topological polar surface area (TPSA) is 64.6 Å². The lowest BCUT2D eigenvalue weighted by Gasteiger charge is -2.19. The number of urea groups is 1. The largest absolute Gasteiger partial charge is 0.396 e. The number of anilines is 1. The minimum Gasteiger partial charge on any atom is -0.396 e. The standard InChI is InChI=1S/C16H27N3O2/c1-12(11-20)13(2)18-16(21)17-10-9-14-5-7-15(8-6-14)19(3)4/h5-8,12-13,20H,9-11H2,1-4H3,(H2,17,18,21). The first-order chi connectivity index (χ1) is 9.93. The van der Waals surface area contributed by atoms with E-state index in [9.17, 15) is 4.79 Å². The van der Waals surface area contributed by atoms with E-state index in [4.69, 9.17) is 5.11 Å². The molecule has 0 bridgehead atoms. The lowest BCUT2D eigenvalue weighted by Crippen LogP contribution is -2.44. The Morgan fingerprint density at radius 1 is 1.24 bits per heavy atom. The Balaban J connectivity index is 2.31. The smallest absolute Gasteiger partial charge is 0.315 e. The van der Waals surface area contributed by atoms with Crippen LogP contribution in [0.1, 0.15) is 19.4 Å². The Bertz CT molecular complexity index is 432. The van der Waals surface area contributed by atoms with E-state index in [2.05, 4.69) is 39.8 Å². The van der Waals surface area contributed by atoms with Crippen molar-refractivity contribution in [2.45, 2.75) is 26.3 Å². The van der Waals surface area contributed by atoms with Gasteiger partial charge in [0.25, 0.3) is 0 Å². The van der Waals surface area contributed by atoms with Crippen LogP contribution in [0.5, 0.6) is 0 Å². The fraction of sp³-hybridized carbons (Fsp3) is 0.562. The van der Waals surface area contributed by atoms with Crippen LogP contribution >= 0.6 is 0 Å². The molecule has 0 aliphatic heterocycles. The maximum Gasteiger partial charge on any atom is 0.315 e. The zero-order chi connectivity index (χ0) is 15.8. The summed E-state index contributed by atoms with van der Waals surface area (Å²) in [4.78, 5) is 13.8. The summed E-state index contributed by atoms with van der Waals surface area (Å²) in [7, 11) is 4.02. The lowest BCUT2D eigenvalue weighted by molar-refractivity contribution is 0.200. The Kier molecular flexibility index (Phi) is 7.02. The lowest BCUT2D eigenvalue weighted by atomic mass is 10.1. The number of nitrogens with zero attached hydrogens (tertiary/aromatic N) is 1. The molecule has 0 spiro atoms. The fourth-order valence-corrected chi connectivity index (χ4v) is 1.84. The Morgan fingerprint density at radius 3 is 2.38 bits per heavy atom. The third-order valence-electron chi connectivity index (χ3n) is 3.65. The molecule has 1 aromatic rings. The molecule has 0 aromatic heterocycles. The van der Waals surface area contributed by atoms with E-state index in [0.717, 1.165) is 12.1 Å². The molecule has 1 rings (SSSR count). The minimum atomic E-state index is -0.187. The predicted molar refractivity (Wildman–Crippen MR) is 86.7 cm³/mol. The van der Waals surface area contributed by atoms with Crippen molar-refractivity contribution in [2.75, 3.05) is 32.1 Å². The molecule has 2 unspecified atom stereocenters. The van der Waals surface area contributed by atoms with Gasteiger partial charge in [0.2, 0.25) is 0 Å². The van der Waals surface area contributed by atoms with Crippen LogP contribution in [0.15, 0.2) is 24.3 Å². The monoisotopic (exact) mass is 293 g/mol. The summed E-state index contributed by atoms with van der Waals surface area (Å²) in [5, 5.41) is 14.7. The van der Waals surface area contributed by atoms with Gasteiger partial charge in [-0.05, 0) is 37.0 Å². The van der Waals surface area contributed by atoms with Gasteiger partial charge in [-0.1, -0.05) is 19.1 Å². The normalized spacial score (nSPS) is 13.4. The number of hydrogen-bond donors (Lipinski definition) is 3. The molecule has 3 N–H and O–H groups in total. The van der Waals surface area contributed by atoms with Crippen molar-refractivity contribution in [3.05, 3.63) is 29.8 Å². The van der Waals surface area contributed by atoms with Crippen molar-refractivity contribution in [1.82, 2.24) is 10.6 Å². The second-order valence-electron chi connectivity index (χ2n) is 5.66. The average molecular weight is 293 g/mol. The van der Waals surface area contributed by atoms with Gasteiger partial charge < -0.3 is 20.6 Å². The number of aliphatic hydroxyl groups excluding tert-OH is 1. The maximum absolute atomic E-state index is 11.7. The number of benzene rings is 1. The Morgan fingerprint density at radius 2 is 1.86 bits per heavy atom. The van der Waals surface area contributed by atoms with Gasteiger partial charge in [0.1, 0.15) is 0 Å². The van der Waals surface area contributed by atoms with Crippen LogP contribution in [0.3, 0.4) is 0 Å². The SMILES string of the molecule is CC(CO)C(C)NC(=O)NCCc1ccc(N(C)C)cc1. The van der Waals surface area contributed by atoms with Gasteiger partial charge in [-0.25, -0.2) is 4.79 Å². The molecule has 0 aliphatic carbocycles. The van der Waals surface area contributed by atoms with E-state index in [1.54, 1.807) is 0 Å². The fourth-order valence-electron chi connectivity index (χ4n) is 1.84. The first kappa shape index (κ1) is 17.3. The van der Waals surface area contributed by atoms with Gasteiger partial charge in [0.15, 0.2) is 0 Å². The van der Waals surface area contributed by atoms with E-state index in [1.807, 2.05) is 27.9 Å². The summed E-state index contributed by atoms with van der Waals surface area (Å²) in [5.74, 6) is 0.0503. The van der Waals surface area contributed by atoms with E-state index in [0.29, 0.717) is 6.54 Å². The van der Waals surface area contributed by atoms with Crippen molar-refractivity contribution >= 4 is 11.7 Å². The molecule has 0 aliphatic rings. The van der Waals surface area contributed by atoms with Crippen LogP contribution in [0.2, 0.25) is 0 Å². The highest BCUT2D eigenvalue weighted by Crippen LogP contribution is 2.12. The number of amides is 2. The number of carbonyl (C=O) groups is 1. The number of hydrogen-bond acceptors (Lipinski definition) is 3. The van der Waals surface area contributed by atoms with Crippen LogP contribution in [0.4, 0.5) is 10.5 Å². The van der Waals surface area contributed by atoms with Crippen LogP contribution in [-0.4, -0.2) is 44.4 Å². The number of rotatable bonds is 7. The average Bonchev–Trinajstić information content (AvgIpc) is 2.46. The van der Waals surface area contributed by atoms with Crippen molar-refractivity contribution in [1.29, 1.82) is 0 Å². The minimum absolute atomic E-state index is 0.0469. The van der Waals surface area contributed by atoms with Gasteiger partial charge in [-0.2, -0.15) is 0 Å². The van der Waals surface area contributed by atoms with E-state index in [1.165, 1.54) is 5.56 Å². The van der Waals surface area contributed by atoms with Crippen molar-refractivity contribution in [2.24, 2.45) is 5.92 Å². The molecule has 5 heteroatoms. The molecule has 2 atom stereocenters. The molecule has 1 aromatic carbocycles. The van der Waals surface area contributed by atoms with E-state index < -0.39 is 0 Å². The molecule has 0 heterocycles. The van der Waals surface area contributed by atoms with Gasteiger partial charge in [0, 0.05) is 39.0 Å². The van der Waals surface area contributed by atoms with Crippen LogP contribution < -0.4 is 15.5 Å². The summed E-state index contributed by atoms with van der Waals surface area (Å²) in [6.45, 7) is 4.45. The molecule has 21 heavy (non-hydrogen) atoms. The van der Waals surface area contributed by atoms with Crippen LogP contribution in [0, 0.1) is 5.92 Å². The van der Waals surface area contributed by atoms with E-state index >= 15 is 0 Å². The van der Waals surface area contributed by atoms with Crippen LogP contribution in [-0.2, 0) is 6.42 Å². The van der Waals surface area contributed by atoms with Gasteiger partial charge in [0.05, 0.1) is 0 Å². The number of carbonyl (C=O) groups excluding carboxylic acids is 1. The van der Waals surface area contributed by atoms with Crippen molar-refractivity contribution in [3.63, 3.8) is 0 Å². The van der Waals surface area contributed by atoms with Crippen molar-refractivity contribution in [3.8, 4) is 0 Å². The Labute approximate surface area is 127 Å². The molecule has 2 amide bonds. The van der Waals surface area contributed by atoms with E-state index in [-0.39, 0.29) is 24.6 Å². The highest BCUT2D eigenvalue weighted by molar-refractivity contribution is 5.74. The molecule has 0 saturated carbocycles. The van der Waals surface area contributed by atoms with Crippen LogP contribution in [0.25, 0.3) is 0 Å². The summed E-state index contributed by atoms with van der Waals surface area (Å²) in [6, 6.07) is 8.06. The van der Waals surface area contributed by atoms with Gasteiger partial charge in [-0.15, -0.1) is 0 Å². The van der Waals surface area contributed by atoms with Gasteiger partial charge >= 0.3 is 6.03 Å². The Hall–Kier alpha value is -1.75. The number of nitrogens with one attached hydrogen (secondary N) is 2. The zero-order valence-electron chi connectivity index (χ0n) is 13.4. The quantitative estimate of drug-likeness (QED) is 0.715. The van der Waals surface area contributed by atoms with Gasteiger partial charge in [-0.3, -0.25) is 0 Å². The molecular weight excluding hydrogens is 266 g/mol. The highest BCUT2D eigenvalue weighted by atomic mass is 16.3. The highest BCUT2D eigenvalue weighted by Gasteiger charge is 2.13. The number of aliphatic hydroxyl groups is 1. The summed E-state index contributed by atoms with van der Waals surface area (Å²) in [5.41, 5.74) is 2.36. The maximum atomic E-state index is 11.7. The summed E-state index contributed by atoms with van der Waals surface area (Å²) >= 11 is 0. The first-order valence-electron chi connectivity index (χ1n) is 7.35. The molecule has 118 valence electrons. The summed E-state index contributed by atoms with van der Waals surface area (Å²) < 4.78 is 0. The third-order valence-corrected chi connectivity index (χ3v) is 3.65. The second kappa shape index (κ2) is 8.52. The second-order valence-corrected chi connectivity index (χ2v) is 5.66. The van der Waals surface area contributed by atoms with Crippen molar-refractivity contribution < 1.29 is 9.90 Å². The predicted octanol–water partition coefficient (Wildman–Crippen LogP) is 1.61. The summed E-state index contributed by atoms with van der Waals surface area (Å²) in [6.07, 6.45) is 0.797. The molecule has 0 saturated heterocycles. The molecule has 0 radical (unpaired) electrons. The first-order valence-corrected chi connectivity index (χ1v) is 7.35.